The number of nitrogens with one attached hydrogen (secondary N) is 1. The summed E-state index contributed by atoms with van der Waals surface area (Å²) in [6, 6.07) is 10.4. The van der Waals surface area contributed by atoms with Crippen molar-refractivity contribution < 1.29 is 4.74 Å². The quantitative estimate of drug-likeness (QED) is 0.858. The Morgan fingerprint density at radius 1 is 1.17 bits per heavy atom. The van der Waals surface area contributed by atoms with Crippen molar-refractivity contribution in [3.8, 4) is 5.75 Å². The SMILES string of the molecule is Brc1ccc2c(Br)c(O[C@@H]3CCNC3)ccc2c1. The van der Waals surface area contributed by atoms with Gasteiger partial charge in [0, 0.05) is 11.0 Å². The first kappa shape index (κ1) is 12.5. The maximum absolute atomic E-state index is 6.02. The molecular formula is C14H13Br2NO. The number of hydrogen-bond acceptors (Lipinski definition) is 2. The molecule has 0 aliphatic carbocycles. The lowest BCUT2D eigenvalue weighted by molar-refractivity contribution is 0.222. The van der Waals surface area contributed by atoms with Gasteiger partial charge in [-0.25, -0.2) is 0 Å². The van der Waals surface area contributed by atoms with Crippen LogP contribution < -0.4 is 10.1 Å². The number of halogens is 2. The van der Waals surface area contributed by atoms with Crippen LogP contribution in [0.25, 0.3) is 10.8 Å². The predicted octanol–water partition coefficient (Wildman–Crippen LogP) is 4.11. The van der Waals surface area contributed by atoms with Gasteiger partial charge in [-0.1, -0.05) is 28.1 Å². The Labute approximate surface area is 123 Å². The highest BCUT2D eigenvalue weighted by Crippen LogP contribution is 2.35. The molecule has 1 fully saturated rings. The fourth-order valence-electron chi connectivity index (χ4n) is 2.24. The van der Waals surface area contributed by atoms with Crippen LogP contribution in [-0.4, -0.2) is 19.2 Å². The van der Waals surface area contributed by atoms with Gasteiger partial charge in [-0.3, -0.25) is 0 Å². The van der Waals surface area contributed by atoms with Crippen molar-refractivity contribution in [2.45, 2.75) is 12.5 Å². The van der Waals surface area contributed by atoms with Crippen molar-refractivity contribution in [3.05, 3.63) is 39.3 Å². The average Bonchev–Trinajstić information content (AvgIpc) is 2.85. The molecule has 2 aromatic carbocycles. The summed E-state index contributed by atoms with van der Waals surface area (Å²) in [7, 11) is 0. The van der Waals surface area contributed by atoms with E-state index in [9.17, 15) is 0 Å². The van der Waals surface area contributed by atoms with Crippen LogP contribution >= 0.6 is 31.9 Å². The number of hydrogen-bond donors (Lipinski definition) is 1. The molecule has 1 aliphatic heterocycles. The van der Waals surface area contributed by atoms with Gasteiger partial charge in [0.05, 0.1) is 4.47 Å². The second-order valence-electron chi connectivity index (χ2n) is 4.48. The number of fused-ring (bicyclic) bond motifs is 1. The van der Waals surface area contributed by atoms with Gasteiger partial charge in [-0.15, -0.1) is 0 Å². The summed E-state index contributed by atoms with van der Waals surface area (Å²) in [5.41, 5.74) is 0. The number of benzene rings is 2. The van der Waals surface area contributed by atoms with E-state index in [0.29, 0.717) is 0 Å². The topological polar surface area (TPSA) is 21.3 Å². The number of rotatable bonds is 2. The van der Waals surface area contributed by atoms with E-state index >= 15 is 0 Å². The normalized spacial score (nSPS) is 19.3. The Kier molecular flexibility index (Phi) is 3.59. The molecule has 0 amide bonds. The lowest BCUT2D eigenvalue weighted by Crippen LogP contribution is -2.19. The van der Waals surface area contributed by atoms with Gasteiger partial charge in [0.2, 0.25) is 0 Å². The molecule has 0 saturated carbocycles. The van der Waals surface area contributed by atoms with Crippen LogP contribution in [0, 0.1) is 0 Å². The van der Waals surface area contributed by atoms with Crippen molar-refractivity contribution in [2.24, 2.45) is 0 Å². The minimum absolute atomic E-state index is 0.286. The molecule has 0 unspecified atom stereocenters. The Bertz CT molecular complexity index is 579. The van der Waals surface area contributed by atoms with Crippen LogP contribution in [0.15, 0.2) is 39.3 Å². The van der Waals surface area contributed by atoms with Crippen molar-refractivity contribution in [1.29, 1.82) is 0 Å². The van der Waals surface area contributed by atoms with E-state index in [4.69, 9.17) is 4.74 Å². The van der Waals surface area contributed by atoms with E-state index in [1.807, 2.05) is 12.1 Å². The number of ether oxygens (including phenoxy) is 1. The zero-order valence-electron chi connectivity index (χ0n) is 9.75. The van der Waals surface area contributed by atoms with Gasteiger partial charge in [0.1, 0.15) is 11.9 Å². The smallest absolute Gasteiger partial charge is 0.134 e. The summed E-state index contributed by atoms with van der Waals surface area (Å²) in [5.74, 6) is 0.929. The van der Waals surface area contributed by atoms with Crippen molar-refractivity contribution in [1.82, 2.24) is 5.32 Å². The van der Waals surface area contributed by atoms with Gasteiger partial charge in [0.25, 0.3) is 0 Å². The highest BCUT2D eigenvalue weighted by Gasteiger charge is 2.17. The summed E-state index contributed by atoms with van der Waals surface area (Å²) in [6.07, 6.45) is 1.36. The van der Waals surface area contributed by atoms with Crippen LogP contribution in [0.5, 0.6) is 5.75 Å². The summed E-state index contributed by atoms with van der Waals surface area (Å²) >= 11 is 7.14. The third-order valence-electron chi connectivity index (χ3n) is 3.19. The first-order chi connectivity index (χ1) is 8.74. The van der Waals surface area contributed by atoms with Crippen LogP contribution in [0.4, 0.5) is 0 Å². The molecule has 0 aromatic heterocycles. The summed E-state index contributed by atoms with van der Waals surface area (Å²) < 4.78 is 8.16. The fourth-order valence-corrected chi connectivity index (χ4v) is 3.21. The molecule has 1 N–H and O–H groups in total. The summed E-state index contributed by atoms with van der Waals surface area (Å²) in [6.45, 7) is 1.98. The Hall–Kier alpha value is -0.580. The average molecular weight is 371 g/mol. The van der Waals surface area contributed by atoms with E-state index in [0.717, 1.165) is 34.2 Å². The maximum atomic E-state index is 6.02. The second kappa shape index (κ2) is 5.19. The monoisotopic (exact) mass is 369 g/mol. The zero-order valence-corrected chi connectivity index (χ0v) is 12.9. The third-order valence-corrected chi connectivity index (χ3v) is 4.50. The van der Waals surface area contributed by atoms with Gasteiger partial charge in [-0.05, 0) is 57.9 Å². The molecule has 0 spiro atoms. The highest BCUT2D eigenvalue weighted by atomic mass is 79.9. The largest absolute Gasteiger partial charge is 0.488 e. The molecule has 0 radical (unpaired) electrons. The van der Waals surface area contributed by atoms with Crippen molar-refractivity contribution in [2.75, 3.05) is 13.1 Å². The van der Waals surface area contributed by atoms with Crippen molar-refractivity contribution in [3.63, 3.8) is 0 Å². The molecule has 1 atom stereocenters. The Morgan fingerprint density at radius 3 is 2.83 bits per heavy atom. The molecule has 1 heterocycles. The van der Waals surface area contributed by atoms with Crippen LogP contribution in [0.3, 0.4) is 0 Å². The first-order valence-electron chi connectivity index (χ1n) is 5.99. The Balaban J connectivity index is 1.97. The Morgan fingerprint density at radius 2 is 2.06 bits per heavy atom. The summed E-state index contributed by atoms with van der Waals surface area (Å²) in [4.78, 5) is 0. The molecule has 1 saturated heterocycles. The standard InChI is InChI=1S/C14H13Br2NO/c15-10-2-3-12-9(7-10)1-4-13(14(12)16)18-11-5-6-17-8-11/h1-4,7,11,17H,5-6,8H2/t11-/m1/s1. The van der Waals surface area contributed by atoms with E-state index in [1.165, 1.54) is 10.8 Å². The molecular weight excluding hydrogens is 358 g/mol. The molecule has 1 aliphatic rings. The molecule has 0 bridgehead atoms. The van der Waals surface area contributed by atoms with Gasteiger partial charge < -0.3 is 10.1 Å². The van der Waals surface area contributed by atoms with Gasteiger partial charge >= 0.3 is 0 Å². The van der Waals surface area contributed by atoms with Crippen molar-refractivity contribution >= 4 is 42.6 Å². The van der Waals surface area contributed by atoms with Crippen LogP contribution in [0.1, 0.15) is 6.42 Å². The molecule has 3 rings (SSSR count). The highest BCUT2D eigenvalue weighted by molar-refractivity contribution is 9.11. The first-order valence-corrected chi connectivity index (χ1v) is 7.58. The molecule has 2 nitrogen and oxygen atoms in total. The minimum atomic E-state index is 0.286. The third kappa shape index (κ3) is 2.42. The summed E-state index contributed by atoms with van der Waals surface area (Å²) in [5, 5.41) is 5.69. The molecule has 4 heteroatoms. The van der Waals surface area contributed by atoms with E-state index < -0.39 is 0 Å². The lowest BCUT2D eigenvalue weighted by Gasteiger charge is -2.15. The van der Waals surface area contributed by atoms with E-state index in [1.54, 1.807) is 0 Å². The van der Waals surface area contributed by atoms with Gasteiger partial charge in [-0.2, -0.15) is 0 Å². The van der Waals surface area contributed by atoms with E-state index in [2.05, 4.69) is 55.4 Å². The molecule has 18 heavy (non-hydrogen) atoms. The fraction of sp³-hybridized carbons (Fsp3) is 0.286. The second-order valence-corrected chi connectivity index (χ2v) is 6.18. The molecule has 2 aromatic rings. The van der Waals surface area contributed by atoms with Gasteiger partial charge in [0.15, 0.2) is 0 Å². The van der Waals surface area contributed by atoms with Crippen LogP contribution in [0.2, 0.25) is 0 Å². The predicted molar refractivity (Wildman–Crippen MR) is 81.3 cm³/mol. The lowest BCUT2D eigenvalue weighted by atomic mass is 10.1. The maximum Gasteiger partial charge on any atom is 0.134 e. The minimum Gasteiger partial charge on any atom is -0.488 e. The zero-order chi connectivity index (χ0) is 12.5. The molecule has 94 valence electrons. The van der Waals surface area contributed by atoms with E-state index in [-0.39, 0.29) is 6.10 Å². The van der Waals surface area contributed by atoms with Crippen LogP contribution in [-0.2, 0) is 0 Å².